The van der Waals surface area contributed by atoms with Gasteiger partial charge >= 0.3 is 6.01 Å². The molecule has 15 nitrogen and oxygen atoms in total. The van der Waals surface area contributed by atoms with Crippen molar-refractivity contribution in [3.8, 4) is 29.6 Å². The van der Waals surface area contributed by atoms with Crippen molar-refractivity contribution >= 4 is 52.1 Å². The highest BCUT2D eigenvalue weighted by atomic mass is 19.1. The number of piperidine rings is 1. The summed E-state index contributed by atoms with van der Waals surface area (Å²) in [5.74, 6) is 1.53. The number of aryl methyl sites for hydroxylation is 1. The van der Waals surface area contributed by atoms with Gasteiger partial charge in [0.15, 0.2) is 12.1 Å². The molecule has 2 bridgehead atoms. The third kappa shape index (κ3) is 11.8. The van der Waals surface area contributed by atoms with Crippen molar-refractivity contribution in [3.63, 3.8) is 0 Å². The molecular formula is C60H69F2N9O6. The van der Waals surface area contributed by atoms with Crippen LogP contribution < -0.4 is 25.6 Å². The van der Waals surface area contributed by atoms with Crippen LogP contribution in [0.5, 0.6) is 6.01 Å². The first kappa shape index (κ1) is 54.7. The number of fused-ring (bicyclic) bond motifs is 5. The molecule has 5 saturated heterocycles. The number of piperazine rings is 1. The summed E-state index contributed by atoms with van der Waals surface area (Å²) in [5, 5.41) is 11.1. The number of nitrogens with one attached hydrogen (secondary N) is 3. The molecule has 77 heavy (non-hydrogen) atoms. The maximum atomic E-state index is 16.8. The minimum Gasteiger partial charge on any atom is -0.466 e. The topological polar surface area (TPSA) is 171 Å². The number of benzene rings is 3. The Balaban J connectivity index is 0.000000209. The van der Waals surface area contributed by atoms with E-state index < -0.39 is 11.6 Å². The van der Waals surface area contributed by atoms with Crippen molar-refractivity contribution in [1.82, 2.24) is 40.7 Å². The summed E-state index contributed by atoms with van der Waals surface area (Å²) >= 11 is 0. The number of pyridine rings is 1. The van der Waals surface area contributed by atoms with Crippen LogP contribution in [0.4, 0.5) is 14.6 Å². The highest BCUT2D eigenvalue weighted by Crippen LogP contribution is 2.45. The third-order valence-corrected chi connectivity index (χ3v) is 16.1. The first-order valence-corrected chi connectivity index (χ1v) is 27.0. The number of hydrogen-bond acceptors (Lipinski definition) is 13. The van der Waals surface area contributed by atoms with Crippen LogP contribution in [-0.2, 0) is 20.7 Å². The summed E-state index contributed by atoms with van der Waals surface area (Å²) in [6, 6.07) is 14.2. The monoisotopic (exact) mass is 1050 g/mol. The zero-order chi connectivity index (χ0) is 54.2. The van der Waals surface area contributed by atoms with Crippen LogP contribution in [0.25, 0.3) is 32.9 Å². The van der Waals surface area contributed by atoms with Crippen LogP contribution in [0.15, 0.2) is 79.2 Å². The molecule has 2 amide bonds. The van der Waals surface area contributed by atoms with Gasteiger partial charge in [0.05, 0.1) is 28.1 Å². The molecule has 10 rings (SSSR count). The molecular weight excluding hydrogens is 981 g/mol. The maximum Gasteiger partial charge on any atom is 0.319 e. The Morgan fingerprint density at radius 2 is 1.77 bits per heavy atom. The largest absolute Gasteiger partial charge is 0.466 e. The van der Waals surface area contributed by atoms with E-state index in [4.69, 9.17) is 20.9 Å². The summed E-state index contributed by atoms with van der Waals surface area (Å²) in [6.45, 7) is 12.4. The smallest absolute Gasteiger partial charge is 0.319 e. The van der Waals surface area contributed by atoms with E-state index in [1.807, 2.05) is 25.2 Å². The molecule has 0 saturated carbocycles. The second-order valence-corrected chi connectivity index (χ2v) is 21.2. The van der Waals surface area contributed by atoms with E-state index in [-0.39, 0.29) is 58.8 Å². The van der Waals surface area contributed by atoms with Crippen LogP contribution in [0.1, 0.15) is 115 Å². The highest BCUT2D eigenvalue weighted by Gasteiger charge is 2.51. The van der Waals surface area contributed by atoms with Gasteiger partial charge in [-0.3, -0.25) is 29.1 Å². The average Bonchev–Trinajstić information content (AvgIpc) is 4.10. The fourth-order valence-corrected chi connectivity index (χ4v) is 12.3. The van der Waals surface area contributed by atoms with Gasteiger partial charge in [-0.05, 0) is 88.4 Å². The molecule has 5 aromatic rings. The molecule has 5 aliphatic heterocycles. The molecule has 3 N–H and O–H groups in total. The molecule has 7 heterocycles. The van der Waals surface area contributed by atoms with Gasteiger partial charge in [-0.1, -0.05) is 92.8 Å². The molecule has 0 spiro atoms. The van der Waals surface area contributed by atoms with E-state index >= 15 is 4.39 Å². The molecule has 0 radical (unpaired) electrons. The van der Waals surface area contributed by atoms with E-state index in [0.29, 0.717) is 88.9 Å². The maximum absolute atomic E-state index is 16.8. The molecule has 5 fully saturated rings. The minimum absolute atomic E-state index is 0.0202. The Hall–Kier alpha value is -7.13. The Bertz CT molecular complexity index is 3100. The second kappa shape index (κ2) is 24.5. The van der Waals surface area contributed by atoms with Gasteiger partial charge in [-0.15, -0.1) is 6.42 Å². The summed E-state index contributed by atoms with van der Waals surface area (Å²) in [6.07, 6.45) is 21.2. The molecule has 17 heteroatoms. The van der Waals surface area contributed by atoms with Crippen molar-refractivity contribution in [3.05, 3.63) is 113 Å². The summed E-state index contributed by atoms with van der Waals surface area (Å²) in [4.78, 5) is 67.6. The van der Waals surface area contributed by atoms with Crippen molar-refractivity contribution in [2.75, 3.05) is 58.4 Å². The third-order valence-electron chi connectivity index (χ3n) is 16.1. The normalized spacial score (nSPS) is 21.8. The van der Waals surface area contributed by atoms with Gasteiger partial charge in [0, 0.05) is 79.6 Å². The highest BCUT2D eigenvalue weighted by molar-refractivity contribution is 6.04. The quantitative estimate of drug-likeness (QED) is 0.0295. The zero-order valence-electron chi connectivity index (χ0n) is 44.2. The number of aromatic nitrogens is 3. The van der Waals surface area contributed by atoms with Gasteiger partial charge in [-0.25, -0.2) is 8.78 Å². The number of carbonyl (C=O) groups excluding carboxylic acids is 4. The van der Waals surface area contributed by atoms with E-state index in [2.05, 4.69) is 54.8 Å². The Labute approximate surface area is 449 Å². The number of carbonyl (C=O) groups is 4. The lowest BCUT2D eigenvalue weighted by molar-refractivity contribution is -0.130. The molecule has 5 atom stereocenters. The van der Waals surface area contributed by atoms with Gasteiger partial charge in [-0.2, -0.15) is 9.97 Å². The van der Waals surface area contributed by atoms with Crippen molar-refractivity contribution < 1.29 is 37.4 Å². The molecule has 3 aromatic carbocycles. The van der Waals surface area contributed by atoms with Gasteiger partial charge in [0.2, 0.25) is 5.91 Å². The van der Waals surface area contributed by atoms with Crippen LogP contribution >= 0.6 is 0 Å². The van der Waals surface area contributed by atoms with Gasteiger partial charge in [0.25, 0.3) is 12.4 Å². The number of amides is 2. The number of likely N-dealkylation sites (N-methyl/N-ethyl adjacent to an activating group) is 1. The molecule has 5 unspecified atom stereocenters. The Kier molecular flexibility index (Phi) is 17.4. The Morgan fingerprint density at radius 1 is 1.00 bits per heavy atom. The summed E-state index contributed by atoms with van der Waals surface area (Å²) in [5.41, 5.74) is 3.61. The van der Waals surface area contributed by atoms with Crippen LogP contribution in [0, 0.1) is 24.0 Å². The van der Waals surface area contributed by atoms with Gasteiger partial charge in [0.1, 0.15) is 36.1 Å². The number of anilines is 1. The number of terminal acetylenes is 1. The molecule has 404 valence electrons. The van der Waals surface area contributed by atoms with Crippen molar-refractivity contribution in [2.24, 2.45) is 0 Å². The van der Waals surface area contributed by atoms with Crippen molar-refractivity contribution in [2.45, 2.75) is 120 Å². The number of hydrogen-bond donors (Lipinski definition) is 3. The average molecular weight is 1050 g/mol. The number of aldehydes is 1. The second-order valence-electron chi connectivity index (χ2n) is 21.2. The van der Waals surface area contributed by atoms with Crippen LogP contribution in [0.2, 0.25) is 0 Å². The molecule has 5 aliphatic rings. The van der Waals surface area contributed by atoms with Gasteiger partial charge < -0.3 is 35.2 Å². The predicted molar refractivity (Wildman–Crippen MR) is 294 cm³/mol. The molecule has 2 aromatic heterocycles. The lowest BCUT2D eigenvalue weighted by atomic mass is 9.94. The number of nitrogens with zero attached hydrogens (tertiary/aromatic N) is 6. The number of ether oxygens (including phenoxy) is 2. The SMILES string of the molecule is C#Cc1c(F)ccc2cccc(-c3ncc4c(N5CC6CCC(C5)N6)nc(OCC56CCC(COC=O)N5CC(=C)C6)nc4c3F)c12.C=C1NC(=O)CCC1N(C)C(=O)c1c(C=O)cccc1CCCCCCCCNC. The van der Waals surface area contributed by atoms with E-state index in [9.17, 15) is 23.6 Å². The van der Waals surface area contributed by atoms with Crippen LogP contribution in [0.3, 0.4) is 0 Å². The zero-order valence-corrected chi connectivity index (χ0v) is 44.2. The van der Waals surface area contributed by atoms with E-state index in [0.717, 1.165) is 88.4 Å². The predicted octanol–water partition coefficient (Wildman–Crippen LogP) is 8.23. The number of rotatable bonds is 20. The standard InChI is InChI=1S/C36H34F2N6O3.C24H35N3O3/c1-3-26-29(37)10-7-22-5-4-6-27(30(22)26)32-31(38)33-28(14-39-32)34(43-16-23-8-9-24(17-43)40-23)42-35(41-33)47-19-36-12-11-25(18-46-20-45)44(36)15-21(2)13-36;1-18-21(14-15-22(29)26-18)27(3)24(30)23-19(12-10-13-20(23)17-28)11-8-6-4-5-7-9-16-25-2/h1,4-7,10,14,20,23-25,40H,2,8-9,11-13,15-19H2;10,12-13,17,21,25H,1,4-9,11,14-16H2,2-3H3,(H,26,29). The number of halogens is 2. The first-order chi connectivity index (χ1) is 37.4. The molecule has 0 aliphatic carbocycles. The Morgan fingerprint density at radius 3 is 2.51 bits per heavy atom. The fourth-order valence-electron chi connectivity index (χ4n) is 12.3. The lowest BCUT2D eigenvalue weighted by Gasteiger charge is -2.35. The first-order valence-electron chi connectivity index (χ1n) is 27.0. The minimum atomic E-state index is -0.658. The fraction of sp³-hybridized carbons (Fsp3) is 0.450. The van der Waals surface area contributed by atoms with Crippen molar-refractivity contribution in [1.29, 1.82) is 0 Å². The van der Waals surface area contributed by atoms with Crippen LogP contribution in [-0.4, -0.2) is 133 Å². The number of unbranched alkanes of at least 4 members (excludes halogenated alkanes) is 5. The lowest BCUT2D eigenvalue weighted by Crippen LogP contribution is -2.51. The van der Waals surface area contributed by atoms with E-state index in [1.165, 1.54) is 31.7 Å². The summed E-state index contributed by atoms with van der Waals surface area (Å²) in [7, 11) is 3.69. The summed E-state index contributed by atoms with van der Waals surface area (Å²) < 4.78 is 43.2. The van der Waals surface area contributed by atoms with E-state index in [1.54, 1.807) is 42.4 Å².